The molecule has 0 spiro atoms. The Kier molecular flexibility index (Phi) is 10.6. The number of anilines is 2. The lowest BCUT2D eigenvalue weighted by Gasteiger charge is -2.37. The fourth-order valence-corrected chi connectivity index (χ4v) is 4.09. The minimum Gasteiger partial charge on any atom is -0.478 e. The van der Waals surface area contributed by atoms with Gasteiger partial charge in [0.05, 0.1) is 36.7 Å². The third kappa shape index (κ3) is 9.14. The normalized spacial score (nSPS) is 15.9. The standard InChI is InChI=1S/C24H27FN4O5.C2HF3O2/c25-19-4-1-17(2-5-19)23(31)26-20-15-18(24(32)33)3-6-21(20)28-9-7-27(8-10-28)16-22(30)29-11-13-34-14-12-29;3-2(4,5)1(6)7/h1-6,15H,7-14,16H2,(H,26,31)(H,32,33);(H,6,7). The lowest BCUT2D eigenvalue weighted by Crippen LogP contribution is -2.51. The van der Waals surface area contributed by atoms with E-state index in [2.05, 4.69) is 15.1 Å². The van der Waals surface area contributed by atoms with Crippen molar-refractivity contribution in [2.75, 3.05) is 69.2 Å². The van der Waals surface area contributed by atoms with Crippen LogP contribution in [0.5, 0.6) is 0 Å². The molecule has 2 heterocycles. The van der Waals surface area contributed by atoms with Crippen LogP contribution in [0.15, 0.2) is 42.5 Å². The van der Waals surface area contributed by atoms with Gasteiger partial charge in [-0.2, -0.15) is 13.2 Å². The molecule has 2 fully saturated rings. The second-order valence-corrected chi connectivity index (χ2v) is 9.06. The molecule has 0 aliphatic carbocycles. The Morgan fingerprint density at radius 3 is 1.95 bits per heavy atom. The molecule has 0 saturated carbocycles. The van der Waals surface area contributed by atoms with Crippen molar-refractivity contribution in [3.05, 3.63) is 59.4 Å². The summed E-state index contributed by atoms with van der Waals surface area (Å²) in [6, 6.07) is 9.73. The average molecular weight is 585 g/mol. The predicted octanol–water partition coefficient (Wildman–Crippen LogP) is 2.39. The van der Waals surface area contributed by atoms with Gasteiger partial charge in [-0.3, -0.25) is 14.5 Å². The number of hydrogen-bond acceptors (Lipinski definition) is 7. The topological polar surface area (TPSA) is 140 Å². The largest absolute Gasteiger partial charge is 0.490 e. The van der Waals surface area contributed by atoms with Crippen LogP contribution in [0.3, 0.4) is 0 Å². The van der Waals surface area contributed by atoms with E-state index in [0.29, 0.717) is 70.4 Å². The zero-order valence-corrected chi connectivity index (χ0v) is 21.7. The molecular weight excluding hydrogens is 556 g/mol. The summed E-state index contributed by atoms with van der Waals surface area (Å²) in [5.74, 6) is -4.67. The number of carboxylic acid groups (broad SMARTS) is 2. The van der Waals surface area contributed by atoms with Gasteiger partial charge in [0, 0.05) is 44.8 Å². The molecular formula is C26H28F4N4O7. The summed E-state index contributed by atoms with van der Waals surface area (Å²) >= 11 is 0. The number of alkyl halides is 3. The number of ether oxygens (including phenoxy) is 1. The molecule has 0 aromatic heterocycles. The van der Waals surface area contributed by atoms with E-state index in [1.165, 1.54) is 36.4 Å². The van der Waals surface area contributed by atoms with Crippen LogP contribution in [0.4, 0.5) is 28.9 Å². The summed E-state index contributed by atoms with van der Waals surface area (Å²) in [5, 5.41) is 19.3. The van der Waals surface area contributed by atoms with Gasteiger partial charge in [0.25, 0.3) is 5.91 Å². The van der Waals surface area contributed by atoms with E-state index >= 15 is 0 Å². The third-order valence-corrected chi connectivity index (χ3v) is 6.28. The Bertz CT molecular complexity index is 1240. The molecule has 2 saturated heterocycles. The van der Waals surface area contributed by atoms with Gasteiger partial charge in [0.15, 0.2) is 0 Å². The van der Waals surface area contributed by atoms with Crippen LogP contribution in [0.25, 0.3) is 0 Å². The zero-order valence-electron chi connectivity index (χ0n) is 21.7. The quantitative estimate of drug-likeness (QED) is 0.437. The highest BCUT2D eigenvalue weighted by molar-refractivity contribution is 6.06. The van der Waals surface area contributed by atoms with Crippen molar-refractivity contribution in [1.29, 1.82) is 0 Å². The maximum Gasteiger partial charge on any atom is 0.490 e. The van der Waals surface area contributed by atoms with Crippen LogP contribution in [-0.2, 0) is 14.3 Å². The third-order valence-electron chi connectivity index (χ3n) is 6.28. The molecule has 2 aromatic carbocycles. The molecule has 0 radical (unpaired) electrons. The lowest BCUT2D eigenvalue weighted by atomic mass is 10.1. The van der Waals surface area contributed by atoms with E-state index in [0.717, 1.165) is 0 Å². The number of hydrogen-bond donors (Lipinski definition) is 3. The first-order chi connectivity index (χ1) is 19.3. The van der Waals surface area contributed by atoms with E-state index < -0.39 is 29.8 Å². The van der Waals surface area contributed by atoms with E-state index in [-0.39, 0.29) is 17.0 Å². The highest BCUT2D eigenvalue weighted by Crippen LogP contribution is 2.29. The van der Waals surface area contributed by atoms with Crippen LogP contribution in [-0.4, -0.2) is 109 Å². The first kappa shape index (κ1) is 31.3. The number of rotatable bonds is 6. The van der Waals surface area contributed by atoms with Crippen molar-refractivity contribution in [1.82, 2.24) is 9.80 Å². The van der Waals surface area contributed by atoms with Crippen LogP contribution < -0.4 is 10.2 Å². The lowest BCUT2D eigenvalue weighted by molar-refractivity contribution is -0.192. The zero-order chi connectivity index (χ0) is 30.2. The van der Waals surface area contributed by atoms with Crippen molar-refractivity contribution in [3.63, 3.8) is 0 Å². The SMILES string of the molecule is O=C(O)C(F)(F)F.O=C(O)c1ccc(N2CCN(CC(=O)N3CCOCC3)CC2)c(NC(=O)c2ccc(F)cc2)c1. The summed E-state index contributed by atoms with van der Waals surface area (Å²) in [7, 11) is 0. The number of aliphatic carboxylic acids is 1. The first-order valence-electron chi connectivity index (χ1n) is 12.4. The monoisotopic (exact) mass is 584 g/mol. The molecule has 4 rings (SSSR count). The van der Waals surface area contributed by atoms with Gasteiger partial charge in [-0.05, 0) is 42.5 Å². The minimum absolute atomic E-state index is 0.0490. The predicted molar refractivity (Wildman–Crippen MR) is 137 cm³/mol. The van der Waals surface area contributed by atoms with Gasteiger partial charge in [-0.15, -0.1) is 0 Å². The Morgan fingerprint density at radius 1 is 0.854 bits per heavy atom. The number of nitrogens with zero attached hydrogens (tertiary/aromatic N) is 3. The molecule has 2 aliphatic rings. The molecule has 3 N–H and O–H groups in total. The van der Waals surface area contributed by atoms with Gasteiger partial charge >= 0.3 is 18.1 Å². The number of carbonyl (C=O) groups excluding carboxylic acids is 2. The van der Waals surface area contributed by atoms with Gasteiger partial charge in [0.1, 0.15) is 5.82 Å². The number of aromatic carboxylic acids is 1. The summed E-state index contributed by atoms with van der Waals surface area (Å²) in [5.41, 5.74) is 1.37. The van der Waals surface area contributed by atoms with Gasteiger partial charge in [-0.1, -0.05) is 0 Å². The van der Waals surface area contributed by atoms with Gasteiger partial charge < -0.3 is 30.1 Å². The second-order valence-electron chi connectivity index (χ2n) is 9.06. The summed E-state index contributed by atoms with van der Waals surface area (Å²) in [6.07, 6.45) is -5.08. The number of carboxylic acids is 2. The van der Waals surface area contributed by atoms with E-state index in [1.807, 2.05) is 4.90 Å². The Balaban J connectivity index is 0.000000587. The minimum atomic E-state index is -5.08. The number of morpholine rings is 1. The summed E-state index contributed by atoms with van der Waals surface area (Å²) in [4.78, 5) is 51.6. The second kappa shape index (κ2) is 13.9. The van der Waals surface area contributed by atoms with Crippen molar-refractivity contribution in [2.45, 2.75) is 6.18 Å². The number of piperazine rings is 1. The van der Waals surface area contributed by atoms with E-state index in [4.69, 9.17) is 14.6 Å². The fourth-order valence-electron chi connectivity index (χ4n) is 4.09. The number of halogens is 4. The molecule has 2 amide bonds. The fraction of sp³-hybridized carbons (Fsp3) is 0.385. The molecule has 11 nitrogen and oxygen atoms in total. The van der Waals surface area contributed by atoms with Crippen LogP contribution in [0.2, 0.25) is 0 Å². The molecule has 222 valence electrons. The van der Waals surface area contributed by atoms with Crippen LogP contribution >= 0.6 is 0 Å². The molecule has 15 heteroatoms. The van der Waals surface area contributed by atoms with Crippen molar-refractivity contribution >= 4 is 35.1 Å². The molecule has 41 heavy (non-hydrogen) atoms. The molecule has 2 aromatic rings. The molecule has 2 aliphatic heterocycles. The smallest absolute Gasteiger partial charge is 0.478 e. The van der Waals surface area contributed by atoms with Gasteiger partial charge in [-0.25, -0.2) is 14.0 Å². The van der Waals surface area contributed by atoms with E-state index in [1.54, 1.807) is 6.07 Å². The maximum atomic E-state index is 13.2. The Hall–Kier alpha value is -4.24. The van der Waals surface area contributed by atoms with Crippen LogP contribution in [0, 0.1) is 5.82 Å². The summed E-state index contributed by atoms with van der Waals surface area (Å²) < 4.78 is 50.2. The Morgan fingerprint density at radius 2 is 1.41 bits per heavy atom. The van der Waals surface area contributed by atoms with Crippen molar-refractivity contribution in [3.8, 4) is 0 Å². The highest BCUT2D eigenvalue weighted by atomic mass is 19.4. The number of carbonyl (C=O) groups is 4. The summed E-state index contributed by atoms with van der Waals surface area (Å²) in [6.45, 7) is 5.25. The maximum absolute atomic E-state index is 13.2. The van der Waals surface area contributed by atoms with Gasteiger partial charge in [0.2, 0.25) is 5.91 Å². The molecule has 0 unspecified atom stereocenters. The van der Waals surface area contributed by atoms with Crippen molar-refractivity contribution in [2.24, 2.45) is 0 Å². The Labute approximate surface area is 231 Å². The average Bonchev–Trinajstić information content (AvgIpc) is 2.94. The number of amides is 2. The number of benzene rings is 2. The molecule has 0 bridgehead atoms. The van der Waals surface area contributed by atoms with E-state index in [9.17, 15) is 37.1 Å². The van der Waals surface area contributed by atoms with Crippen molar-refractivity contribution < 1.29 is 51.7 Å². The first-order valence-corrected chi connectivity index (χ1v) is 12.4. The highest BCUT2D eigenvalue weighted by Gasteiger charge is 2.38. The molecule has 0 atom stereocenters. The van der Waals surface area contributed by atoms with Crippen LogP contribution in [0.1, 0.15) is 20.7 Å². The number of nitrogens with one attached hydrogen (secondary N) is 1.